The molecule has 7 heteroatoms. The van der Waals surface area contributed by atoms with E-state index in [4.69, 9.17) is 23.1 Å². The van der Waals surface area contributed by atoms with Crippen LogP contribution in [0.2, 0.25) is 19.6 Å². The maximum absolute atomic E-state index is 7.50. The van der Waals surface area contributed by atoms with Crippen molar-refractivity contribution >= 4 is 8.32 Å². The Bertz CT molecular complexity index is 1170. The van der Waals surface area contributed by atoms with Crippen LogP contribution in [0.25, 0.3) is 0 Å². The number of hydrogen-bond acceptors (Lipinski definition) is 2. The Balaban J connectivity index is 0. The van der Waals surface area contributed by atoms with Gasteiger partial charge >= 0.3 is 33.9 Å². The largest absolute Gasteiger partial charge is 0 e. The molecule has 0 aliphatic heterocycles. The third kappa shape index (κ3) is 12.3. The molecule has 0 unspecified atom stereocenters. The van der Waals surface area contributed by atoms with E-state index in [1.807, 2.05) is 84.9 Å². The van der Waals surface area contributed by atoms with Crippen molar-refractivity contribution in [3.05, 3.63) is 122 Å². The number of benzene rings is 3. The molecule has 0 aliphatic carbocycles. The van der Waals surface area contributed by atoms with Crippen molar-refractivity contribution in [2.24, 2.45) is 0 Å². The number of ether oxygens (including phenoxy) is 1. The van der Waals surface area contributed by atoms with Gasteiger partial charge in [-0.15, -0.1) is 0 Å². The predicted molar refractivity (Wildman–Crippen MR) is 138 cm³/mol. The third-order valence-corrected chi connectivity index (χ3v) is 5.18. The minimum Gasteiger partial charge on any atom is 0 e. The van der Waals surface area contributed by atoms with E-state index >= 15 is 0 Å². The van der Waals surface area contributed by atoms with Crippen molar-refractivity contribution in [2.75, 3.05) is 7.11 Å². The van der Waals surface area contributed by atoms with E-state index in [2.05, 4.69) is 63.3 Å². The van der Waals surface area contributed by atoms with Gasteiger partial charge in [0.25, 0.3) is 0 Å². The van der Waals surface area contributed by atoms with E-state index in [1.165, 1.54) is 0 Å². The molecule has 0 aromatic heterocycles. The fraction of sp³-hybridized carbons (Fsp3) is 0.167. The van der Waals surface area contributed by atoms with Gasteiger partial charge < -0.3 is 9.16 Å². The Hall–Kier alpha value is -3.49. The van der Waals surface area contributed by atoms with Crippen LogP contribution in [0.15, 0.2) is 84.9 Å². The van der Waals surface area contributed by atoms with Crippen LogP contribution in [-0.2, 0) is 41.3 Å². The summed E-state index contributed by atoms with van der Waals surface area (Å²) in [6, 6.07) is 27.6. The first-order chi connectivity index (χ1) is 17.4. The first-order valence-electron chi connectivity index (χ1n) is 10.5. The average molecular weight is 547 g/mol. The molecular weight excluding hydrogens is 520 g/mol. The molecule has 5 nitrogen and oxygen atoms in total. The van der Waals surface area contributed by atoms with E-state index in [0.717, 1.165) is 16.7 Å². The number of para-hydroxylation sites is 1. The van der Waals surface area contributed by atoms with Gasteiger partial charge in [-0.05, 0) is 61.8 Å². The van der Waals surface area contributed by atoms with Crippen molar-refractivity contribution in [2.45, 2.75) is 25.2 Å². The maximum Gasteiger partial charge on any atom is 0 e. The zero-order chi connectivity index (χ0) is 27.5. The summed E-state index contributed by atoms with van der Waals surface area (Å²) in [4.78, 5) is 0. The van der Waals surface area contributed by atoms with Crippen LogP contribution in [-0.4, -0.2) is 15.4 Å². The molecule has 0 atom stereocenters. The van der Waals surface area contributed by atoms with Crippen LogP contribution in [0.1, 0.15) is 16.7 Å². The van der Waals surface area contributed by atoms with Crippen LogP contribution in [0, 0.1) is 43.6 Å². The Morgan fingerprint density at radius 1 is 0.649 bits per heavy atom. The summed E-state index contributed by atoms with van der Waals surface area (Å²) < 4.78 is 34.9. The number of hydrogen-bond donors (Lipinski definition) is 0. The molecule has 0 amide bonds. The molecule has 0 bridgehead atoms. The molecule has 3 rings (SSSR count). The van der Waals surface area contributed by atoms with Gasteiger partial charge in [0, 0.05) is 34.1 Å². The fourth-order valence-electron chi connectivity index (χ4n) is 3.03. The summed E-state index contributed by atoms with van der Waals surface area (Å²) in [6.07, 6.45) is 0. The molecule has 0 spiro atoms. The molecule has 37 heavy (non-hydrogen) atoms. The summed E-state index contributed by atoms with van der Waals surface area (Å²) in [7, 11) is -0.388. The Kier molecular flexibility index (Phi) is 19.0. The van der Waals surface area contributed by atoms with Gasteiger partial charge in [-0.2, -0.15) is 0 Å². The number of methoxy groups -OCH3 is 1. The summed E-state index contributed by atoms with van der Waals surface area (Å²) in [5.74, 6) is 14.0. The molecule has 0 aliphatic rings. The molecule has 0 saturated heterocycles. The van der Waals surface area contributed by atoms with Crippen molar-refractivity contribution in [3.63, 3.8) is 0 Å². The van der Waals surface area contributed by atoms with Crippen LogP contribution in [0.5, 0.6) is 5.75 Å². The standard InChI is InChI=1S/C27H26O2Si.3CO.Cr/c1-28-26-18-12-11-17-25(26)27(29-30(2,3)4,21-19-23-13-7-5-8-14-23)22-20-24-15-9-6-10-16-24;3*1-2;/h5-18H,1-4H3;;;;. The van der Waals surface area contributed by atoms with Gasteiger partial charge in [0.05, 0.1) is 7.11 Å². The molecule has 3 aromatic rings. The molecular formula is C30H26CrO5Si. The monoisotopic (exact) mass is 546 g/mol. The molecule has 3 aromatic carbocycles. The normalized spacial score (nSPS) is 9.03. The molecule has 0 heterocycles. The number of rotatable bonds is 4. The molecule has 0 N–H and O–H groups in total. The van der Waals surface area contributed by atoms with E-state index in [-0.39, 0.29) is 17.4 Å². The Labute approximate surface area is 231 Å². The summed E-state index contributed by atoms with van der Waals surface area (Å²) in [6.45, 7) is 19.9. The zero-order valence-corrected chi connectivity index (χ0v) is 23.3. The second-order valence-corrected chi connectivity index (χ2v) is 12.3. The first-order valence-corrected chi connectivity index (χ1v) is 13.9. The summed E-state index contributed by atoms with van der Waals surface area (Å²) in [5.41, 5.74) is 1.54. The molecule has 0 saturated carbocycles. The van der Waals surface area contributed by atoms with E-state index in [0.29, 0.717) is 5.75 Å². The predicted octanol–water partition coefficient (Wildman–Crippen LogP) is 5.73. The fourth-order valence-corrected chi connectivity index (χ4v) is 4.16. The van der Waals surface area contributed by atoms with E-state index < -0.39 is 13.9 Å². The maximum atomic E-state index is 7.50. The van der Waals surface area contributed by atoms with Crippen molar-refractivity contribution in [3.8, 4) is 29.4 Å². The molecule has 186 valence electrons. The quantitative estimate of drug-likeness (QED) is 0.181. The van der Waals surface area contributed by atoms with Crippen LogP contribution >= 0.6 is 0 Å². The SMILES string of the molecule is COc1ccccc1C(C#Cc1ccccc1)(C#Cc1ccccc1)O[Si](C)(C)C.[C-]#[O+].[C-]#[O+].[C-]#[O+].[Cr]. The minimum atomic E-state index is -2.05. The third-order valence-electron chi connectivity index (χ3n) is 4.26. The topological polar surface area (TPSA) is 78.2 Å². The first kappa shape index (κ1) is 35.7. The second-order valence-electron chi connectivity index (χ2n) is 7.83. The van der Waals surface area contributed by atoms with Gasteiger partial charge in [-0.1, -0.05) is 66.4 Å². The summed E-state index contributed by atoms with van der Waals surface area (Å²) in [5, 5.41) is 0. The van der Waals surface area contributed by atoms with Crippen molar-refractivity contribution < 1.29 is 40.5 Å². The Morgan fingerprint density at radius 2 is 1.03 bits per heavy atom. The van der Waals surface area contributed by atoms with Gasteiger partial charge in [-0.25, -0.2) is 0 Å². The van der Waals surface area contributed by atoms with Crippen LogP contribution < -0.4 is 4.74 Å². The smallest absolute Gasteiger partial charge is 0 e. The van der Waals surface area contributed by atoms with Crippen LogP contribution in [0.4, 0.5) is 0 Å². The Morgan fingerprint density at radius 3 is 1.41 bits per heavy atom. The molecule has 0 fully saturated rings. The second kappa shape index (κ2) is 19.7. The van der Waals surface area contributed by atoms with Gasteiger partial charge in [0.15, 0.2) is 8.32 Å². The van der Waals surface area contributed by atoms with Crippen molar-refractivity contribution in [1.29, 1.82) is 0 Å². The van der Waals surface area contributed by atoms with Gasteiger partial charge in [0.2, 0.25) is 5.60 Å². The average Bonchev–Trinajstić information content (AvgIpc) is 2.94. The van der Waals surface area contributed by atoms with E-state index in [9.17, 15) is 0 Å². The minimum absolute atomic E-state index is 0. The zero-order valence-electron chi connectivity index (χ0n) is 21.0. The van der Waals surface area contributed by atoms with E-state index in [1.54, 1.807) is 7.11 Å². The van der Waals surface area contributed by atoms with Gasteiger partial charge in [0.1, 0.15) is 5.75 Å². The molecule has 0 radical (unpaired) electrons. The van der Waals surface area contributed by atoms with Crippen LogP contribution in [0.3, 0.4) is 0 Å². The van der Waals surface area contributed by atoms with Gasteiger partial charge in [-0.3, -0.25) is 0 Å². The van der Waals surface area contributed by atoms with Crippen molar-refractivity contribution in [1.82, 2.24) is 0 Å². The summed E-state index contributed by atoms with van der Waals surface area (Å²) >= 11 is 0.